The summed E-state index contributed by atoms with van der Waals surface area (Å²) in [5, 5.41) is 3.99. The third-order valence-electron chi connectivity index (χ3n) is 2.00. The van der Waals surface area contributed by atoms with Crippen LogP contribution in [0.4, 0.5) is 5.69 Å². The smallest absolute Gasteiger partial charge is 0.342 e. The van der Waals surface area contributed by atoms with Gasteiger partial charge in [-0.05, 0) is 12.1 Å². The number of methoxy groups -OCH3 is 1. The molecule has 0 spiro atoms. The summed E-state index contributed by atoms with van der Waals surface area (Å²) in [4.78, 5) is 11.4. The minimum absolute atomic E-state index is 0.354. The molecular weight excluding hydrogens is 182 g/mol. The van der Waals surface area contributed by atoms with E-state index in [4.69, 9.17) is 5.73 Å². The van der Waals surface area contributed by atoms with Gasteiger partial charge in [0.25, 0.3) is 0 Å². The number of nitrogen functional groups attached to an aromatic ring is 1. The van der Waals surface area contributed by atoms with Gasteiger partial charge in [-0.15, -0.1) is 0 Å². The Hall–Kier alpha value is -2.04. The standard InChI is InChI=1S/C9H9N3O2/c1-14-9(13)8-6(10)3-5-12-7(8)2-4-11-12/h2-5H,10H2,1H3. The van der Waals surface area contributed by atoms with E-state index in [0.29, 0.717) is 16.8 Å². The van der Waals surface area contributed by atoms with Crippen molar-refractivity contribution < 1.29 is 9.53 Å². The number of carbonyl (C=O) groups excluding carboxylic acids is 1. The third kappa shape index (κ3) is 1.10. The fraction of sp³-hybridized carbons (Fsp3) is 0.111. The molecule has 72 valence electrons. The molecule has 2 rings (SSSR count). The highest BCUT2D eigenvalue weighted by atomic mass is 16.5. The lowest BCUT2D eigenvalue weighted by Crippen LogP contribution is -2.08. The highest BCUT2D eigenvalue weighted by molar-refractivity contribution is 6.02. The number of hydrogen-bond acceptors (Lipinski definition) is 4. The second kappa shape index (κ2) is 3.02. The van der Waals surface area contributed by atoms with E-state index in [0.717, 1.165) is 0 Å². The number of hydrogen-bond donors (Lipinski definition) is 1. The molecule has 0 aliphatic carbocycles. The number of nitrogens with two attached hydrogens (primary N) is 1. The Kier molecular flexibility index (Phi) is 1.85. The van der Waals surface area contributed by atoms with E-state index in [9.17, 15) is 4.79 Å². The van der Waals surface area contributed by atoms with Crippen LogP contribution in [-0.4, -0.2) is 22.7 Å². The predicted octanol–water partition coefficient (Wildman–Crippen LogP) is 0.703. The average Bonchev–Trinajstić information content (AvgIpc) is 2.64. The van der Waals surface area contributed by atoms with E-state index in [1.165, 1.54) is 7.11 Å². The molecule has 0 amide bonds. The van der Waals surface area contributed by atoms with E-state index in [1.807, 2.05) is 0 Å². The van der Waals surface area contributed by atoms with Crippen molar-refractivity contribution in [1.82, 2.24) is 9.61 Å². The third-order valence-corrected chi connectivity index (χ3v) is 2.00. The minimum Gasteiger partial charge on any atom is -0.465 e. The summed E-state index contributed by atoms with van der Waals surface area (Å²) in [6, 6.07) is 3.33. The van der Waals surface area contributed by atoms with Crippen LogP contribution in [0.25, 0.3) is 5.52 Å². The Bertz CT molecular complexity index is 490. The van der Waals surface area contributed by atoms with Crippen LogP contribution >= 0.6 is 0 Å². The Morgan fingerprint density at radius 2 is 2.36 bits per heavy atom. The van der Waals surface area contributed by atoms with Crippen molar-refractivity contribution in [2.45, 2.75) is 0 Å². The topological polar surface area (TPSA) is 69.6 Å². The minimum atomic E-state index is -0.450. The SMILES string of the molecule is COC(=O)c1c(N)ccn2nccc12. The van der Waals surface area contributed by atoms with Crippen molar-refractivity contribution >= 4 is 17.2 Å². The van der Waals surface area contributed by atoms with Crippen LogP contribution in [0.2, 0.25) is 0 Å². The van der Waals surface area contributed by atoms with Gasteiger partial charge in [-0.2, -0.15) is 5.10 Å². The van der Waals surface area contributed by atoms with Gasteiger partial charge >= 0.3 is 5.97 Å². The summed E-state index contributed by atoms with van der Waals surface area (Å²) >= 11 is 0. The zero-order valence-corrected chi connectivity index (χ0v) is 7.60. The van der Waals surface area contributed by atoms with E-state index in [-0.39, 0.29) is 0 Å². The van der Waals surface area contributed by atoms with Crippen LogP contribution in [-0.2, 0) is 4.74 Å². The molecule has 0 radical (unpaired) electrons. The monoisotopic (exact) mass is 191 g/mol. The van der Waals surface area contributed by atoms with Gasteiger partial charge in [0.1, 0.15) is 5.56 Å². The summed E-state index contributed by atoms with van der Waals surface area (Å²) in [6.45, 7) is 0. The van der Waals surface area contributed by atoms with Crippen molar-refractivity contribution in [3.63, 3.8) is 0 Å². The first-order chi connectivity index (χ1) is 6.74. The maximum atomic E-state index is 11.4. The Balaban J connectivity index is 2.76. The molecule has 0 bridgehead atoms. The van der Waals surface area contributed by atoms with Gasteiger partial charge in [-0.1, -0.05) is 0 Å². The summed E-state index contributed by atoms with van der Waals surface area (Å²) in [5.74, 6) is -0.450. The van der Waals surface area contributed by atoms with Crippen LogP contribution in [0.3, 0.4) is 0 Å². The lowest BCUT2D eigenvalue weighted by atomic mass is 10.2. The molecule has 0 aliphatic rings. The Morgan fingerprint density at radius 3 is 3.07 bits per heavy atom. The van der Waals surface area contributed by atoms with Gasteiger partial charge in [0, 0.05) is 11.9 Å². The summed E-state index contributed by atoms with van der Waals surface area (Å²) in [6.07, 6.45) is 3.29. The first kappa shape index (κ1) is 8.55. The van der Waals surface area contributed by atoms with Crippen LogP contribution in [0.1, 0.15) is 10.4 Å². The number of pyridine rings is 1. The molecule has 0 aromatic carbocycles. The van der Waals surface area contributed by atoms with Crippen molar-refractivity contribution in [3.05, 3.63) is 30.1 Å². The van der Waals surface area contributed by atoms with E-state index < -0.39 is 5.97 Å². The van der Waals surface area contributed by atoms with Crippen molar-refractivity contribution in [3.8, 4) is 0 Å². The number of ether oxygens (including phenoxy) is 1. The largest absolute Gasteiger partial charge is 0.465 e. The predicted molar refractivity (Wildman–Crippen MR) is 50.9 cm³/mol. The molecular formula is C9H9N3O2. The molecule has 0 aliphatic heterocycles. The Morgan fingerprint density at radius 1 is 1.57 bits per heavy atom. The lowest BCUT2D eigenvalue weighted by molar-refractivity contribution is 0.0603. The molecule has 5 nitrogen and oxygen atoms in total. The molecule has 0 saturated heterocycles. The molecule has 2 aromatic heterocycles. The molecule has 2 N–H and O–H groups in total. The summed E-state index contributed by atoms with van der Waals surface area (Å²) < 4.78 is 6.21. The van der Waals surface area contributed by atoms with E-state index in [1.54, 1.807) is 29.0 Å². The van der Waals surface area contributed by atoms with Crippen LogP contribution in [0.15, 0.2) is 24.5 Å². The van der Waals surface area contributed by atoms with Gasteiger partial charge in [0.05, 0.1) is 18.8 Å². The maximum absolute atomic E-state index is 11.4. The number of esters is 1. The van der Waals surface area contributed by atoms with Crippen LogP contribution < -0.4 is 5.73 Å². The highest BCUT2D eigenvalue weighted by Gasteiger charge is 2.14. The molecule has 0 fully saturated rings. The maximum Gasteiger partial charge on any atom is 0.342 e. The second-order valence-corrected chi connectivity index (χ2v) is 2.80. The van der Waals surface area contributed by atoms with Crippen LogP contribution in [0, 0.1) is 0 Å². The number of fused-ring (bicyclic) bond motifs is 1. The van der Waals surface area contributed by atoms with Crippen molar-refractivity contribution in [1.29, 1.82) is 0 Å². The van der Waals surface area contributed by atoms with Crippen LogP contribution in [0.5, 0.6) is 0 Å². The van der Waals surface area contributed by atoms with Gasteiger partial charge in [0.15, 0.2) is 0 Å². The van der Waals surface area contributed by atoms with Gasteiger partial charge in [-0.25, -0.2) is 9.31 Å². The number of nitrogens with zero attached hydrogens (tertiary/aromatic N) is 2. The van der Waals surface area contributed by atoms with Crippen molar-refractivity contribution in [2.75, 3.05) is 12.8 Å². The fourth-order valence-corrected chi connectivity index (χ4v) is 1.34. The van der Waals surface area contributed by atoms with Gasteiger partial charge in [-0.3, -0.25) is 0 Å². The number of rotatable bonds is 1. The molecule has 5 heteroatoms. The molecule has 0 atom stereocenters. The zero-order valence-electron chi connectivity index (χ0n) is 7.60. The first-order valence-electron chi connectivity index (χ1n) is 4.04. The quantitative estimate of drug-likeness (QED) is 0.674. The van der Waals surface area contributed by atoms with Gasteiger partial charge < -0.3 is 10.5 Å². The number of carbonyl (C=O) groups is 1. The fourth-order valence-electron chi connectivity index (χ4n) is 1.34. The molecule has 0 unspecified atom stereocenters. The summed E-state index contributed by atoms with van der Waals surface area (Å²) in [5.41, 5.74) is 7.08. The van der Waals surface area contributed by atoms with Gasteiger partial charge in [0.2, 0.25) is 0 Å². The summed E-state index contributed by atoms with van der Waals surface area (Å²) in [7, 11) is 1.32. The van der Waals surface area contributed by atoms with E-state index >= 15 is 0 Å². The number of anilines is 1. The Labute approximate surface area is 80.1 Å². The molecule has 14 heavy (non-hydrogen) atoms. The average molecular weight is 191 g/mol. The molecule has 2 aromatic rings. The molecule has 0 saturated carbocycles. The number of aromatic nitrogens is 2. The van der Waals surface area contributed by atoms with E-state index in [2.05, 4.69) is 9.84 Å². The normalized spacial score (nSPS) is 10.4. The zero-order chi connectivity index (χ0) is 10.1. The van der Waals surface area contributed by atoms with Crippen molar-refractivity contribution in [2.24, 2.45) is 0 Å². The first-order valence-corrected chi connectivity index (χ1v) is 4.04. The highest BCUT2D eigenvalue weighted by Crippen LogP contribution is 2.18. The second-order valence-electron chi connectivity index (χ2n) is 2.80. The molecule has 2 heterocycles. The lowest BCUT2D eigenvalue weighted by Gasteiger charge is -2.04.